The number of aromatic nitrogens is 1. The van der Waals surface area contributed by atoms with Crippen LogP contribution in [0.15, 0.2) is 30.3 Å². The number of nitrogens with one attached hydrogen (secondary N) is 1. The van der Waals surface area contributed by atoms with Crippen LogP contribution in [-0.2, 0) is 6.42 Å². The largest absolute Gasteiger partial charge is 0.478 e. The molecule has 0 amide bonds. The molecule has 1 heterocycles. The van der Waals surface area contributed by atoms with Crippen molar-refractivity contribution >= 4 is 17.5 Å². The van der Waals surface area contributed by atoms with Gasteiger partial charge >= 0.3 is 5.97 Å². The summed E-state index contributed by atoms with van der Waals surface area (Å²) in [5, 5.41) is 12.5. The highest BCUT2D eigenvalue weighted by Crippen LogP contribution is 2.24. The average Bonchev–Trinajstić information content (AvgIpc) is 2.43. The lowest BCUT2D eigenvalue weighted by Gasteiger charge is -2.13. The van der Waals surface area contributed by atoms with Crippen molar-refractivity contribution in [1.82, 2.24) is 4.98 Å². The van der Waals surface area contributed by atoms with Gasteiger partial charge in [-0.1, -0.05) is 31.5 Å². The summed E-state index contributed by atoms with van der Waals surface area (Å²) in [6.07, 6.45) is 1.70. The Hall–Kier alpha value is -2.36. The molecule has 4 nitrogen and oxygen atoms in total. The predicted molar refractivity (Wildman–Crippen MR) is 84.4 cm³/mol. The van der Waals surface area contributed by atoms with Crippen LogP contribution in [0.5, 0.6) is 0 Å². The molecule has 0 radical (unpaired) electrons. The number of pyridine rings is 1. The molecule has 0 saturated heterocycles. The minimum Gasteiger partial charge on any atom is -0.478 e. The molecule has 4 heteroatoms. The van der Waals surface area contributed by atoms with Gasteiger partial charge in [-0.15, -0.1) is 0 Å². The highest BCUT2D eigenvalue weighted by molar-refractivity contribution is 5.89. The van der Waals surface area contributed by atoms with E-state index in [0.29, 0.717) is 5.82 Å². The molecular formula is C17H20N2O2. The van der Waals surface area contributed by atoms with E-state index in [1.54, 1.807) is 12.1 Å². The van der Waals surface area contributed by atoms with Gasteiger partial charge in [0, 0.05) is 11.4 Å². The van der Waals surface area contributed by atoms with Gasteiger partial charge in [0.15, 0.2) is 0 Å². The van der Waals surface area contributed by atoms with E-state index in [-0.39, 0.29) is 5.56 Å². The van der Waals surface area contributed by atoms with Gasteiger partial charge in [-0.3, -0.25) is 0 Å². The van der Waals surface area contributed by atoms with Crippen LogP contribution in [0.4, 0.5) is 11.5 Å². The molecular weight excluding hydrogens is 264 g/mol. The molecule has 0 atom stereocenters. The average molecular weight is 284 g/mol. The molecule has 0 spiro atoms. The smallest absolute Gasteiger partial charge is 0.335 e. The van der Waals surface area contributed by atoms with Gasteiger partial charge < -0.3 is 10.4 Å². The third kappa shape index (κ3) is 3.60. The maximum Gasteiger partial charge on any atom is 0.335 e. The number of hydrogen-bond acceptors (Lipinski definition) is 3. The van der Waals surface area contributed by atoms with E-state index < -0.39 is 5.97 Å². The number of carboxylic acids is 1. The first-order chi connectivity index (χ1) is 10.0. The molecule has 110 valence electrons. The number of anilines is 2. The quantitative estimate of drug-likeness (QED) is 0.868. The second-order valence-electron chi connectivity index (χ2n) is 5.18. The van der Waals surface area contributed by atoms with Crippen LogP contribution in [0.3, 0.4) is 0 Å². The summed E-state index contributed by atoms with van der Waals surface area (Å²) < 4.78 is 0. The molecule has 2 rings (SSSR count). The number of hydrogen-bond donors (Lipinski definition) is 2. The van der Waals surface area contributed by atoms with Gasteiger partial charge in [-0.2, -0.15) is 0 Å². The molecule has 0 unspecified atom stereocenters. The van der Waals surface area contributed by atoms with Crippen molar-refractivity contribution in [2.45, 2.75) is 33.6 Å². The molecule has 0 aliphatic rings. The summed E-state index contributed by atoms with van der Waals surface area (Å²) in [6, 6.07) is 9.25. The van der Waals surface area contributed by atoms with Crippen LogP contribution in [0.2, 0.25) is 0 Å². The van der Waals surface area contributed by atoms with Crippen LogP contribution >= 0.6 is 0 Å². The minimum absolute atomic E-state index is 0.266. The third-order valence-electron chi connectivity index (χ3n) is 3.37. The van der Waals surface area contributed by atoms with E-state index >= 15 is 0 Å². The van der Waals surface area contributed by atoms with Gasteiger partial charge in [0.25, 0.3) is 0 Å². The van der Waals surface area contributed by atoms with E-state index in [1.165, 1.54) is 0 Å². The van der Waals surface area contributed by atoms with Crippen molar-refractivity contribution in [1.29, 1.82) is 0 Å². The van der Waals surface area contributed by atoms with Gasteiger partial charge in [0.1, 0.15) is 5.82 Å². The first-order valence-corrected chi connectivity index (χ1v) is 7.08. The van der Waals surface area contributed by atoms with Crippen molar-refractivity contribution in [2.24, 2.45) is 0 Å². The second kappa shape index (κ2) is 6.39. The number of carbonyl (C=O) groups is 1. The fraction of sp³-hybridized carbons (Fsp3) is 0.294. The van der Waals surface area contributed by atoms with Crippen LogP contribution in [0, 0.1) is 13.8 Å². The molecule has 0 aliphatic heterocycles. The Labute approximate surface area is 124 Å². The predicted octanol–water partition coefficient (Wildman–Crippen LogP) is 4.09. The molecule has 0 fully saturated rings. The highest BCUT2D eigenvalue weighted by atomic mass is 16.4. The molecule has 2 N–H and O–H groups in total. The monoisotopic (exact) mass is 284 g/mol. The van der Waals surface area contributed by atoms with Crippen LogP contribution < -0.4 is 5.32 Å². The number of rotatable bonds is 5. The topological polar surface area (TPSA) is 62.2 Å². The number of aryl methyl sites for hydroxylation is 3. The second-order valence-corrected chi connectivity index (χ2v) is 5.18. The molecule has 1 aromatic heterocycles. The summed E-state index contributed by atoms with van der Waals surface area (Å²) in [7, 11) is 0. The Kier molecular flexibility index (Phi) is 4.58. The molecule has 2 aromatic rings. The first kappa shape index (κ1) is 15.0. The zero-order valence-electron chi connectivity index (χ0n) is 12.6. The van der Waals surface area contributed by atoms with E-state index in [9.17, 15) is 9.90 Å². The van der Waals surface area contributed by atoms with Gasteiger partial charge in [-0.25, -0.2) is 9.78 Å². The number of nitrogens with zero attached hydrogens (tertiary/aromatic N) is 1. The fourth-order valence-electron chi connectivity index (χ4n) is 2.30. The maximum absolute atomic E-state index is 11.2. The molecule has 0 bridgehead atoms. The summed E-state index contributed by atoms with van der Waals surface area (Å²) in [4.78, 5) is 15.7. The lowest BCUT2D eigenvalue weighted by molar-refractivity contribution is 0.0696. The molecule has 0 aliphatic carbocycles. The van der Waals surface area contributed by atoms with E-state index in [0.717, 1.165) is 35.3 Å². The van der Waals surface area contributed by atoms with Crippen LogP contribution in [0.1, 0.15) is 40.5 Å². The summed E-state index contributed by atoms with van der Waals surface area (Å²) >= 11 is 0. The summed E-state index contributed by atoms with van der Waals surface area (Å²) in [5.74, 6) is -0.352. The summed E-state index contributed by atoms with van der Waals surface area (Å²) in [5.41, 5.74) is 4.26. The van der Waals surface area contributed by atoms with Crippen LogP contribution in [-0.4, -0.2) is 16.1 Å². The SMILES string of the molecule is CCCc1cc(C(=O)O)cc(Nc2c(C)cccc2C)n1. The maximum atomic E-state index is 11.2. The van der Waals surface area contributed by atoms with Crippen molar-refractivity contribution in [3.8, 4) is 0 Å². The first-order valence-electron chi connectivity index (χ1n) is 7.08. The van der Waals surface area contributed by atoms with Crippen molar-refractivity contribution < 1.29 is 9.90 Å². The Bertz CT molecular complexity index is 646. The molecule has 0 saturated carbocycles. The number of para-hydroxylation sites is 1. The summed E-state index contributed by atoms with van der Waals surface area (Å²) in [6.45, 7) is 6.08. The molecule has 21 heavy (non-hydrogen) atoms. The van der Waals surface area contributed by atoms with Gasteiger partial charge in [0.2, 0.25) is 0 Å². The molecule has 1 aromatic carbocycles. The van der Waals surface area contributed by atoms with E-state index in [1.807, 2.05) is 39.0 Å². The Balaban J connectivity index is 2.41. The van der Waals surface area contributed by atoms with Crippen molar-refractivity contribution in [3.05, 3.63) is 52.7 Å². The van der Waals surface area contributed by atoms with Gasteiger partial charge in [-0.05, 0) is 43.5 Å². The standard InChI is InChI=1S/C17H20N2O2/c1-4-6-14-9-13(17(20)21)10-15(18-14)19-16-11(2)7-5-8-12(16)3/h5,7-10H,4,6H2,1-3H3,(H,18,19)(H,20,21). The Morgan fingerprint density at radius 1 is 1.24 bits per heavy atom. The number of carboxylic acid groups (broad SMARTS) is 1. The normalized spacial score (nSPS) is 10.4. The Morgan fingerprint density at radius 3 is 2.48 bits per heavy atom. The lowest BCUT2D eigenvalue weighted by Crippen LogP contribution is -2.05. The zero-order chi connectivity index (χ0) is 15.4. The minimum atomic E-state index is -0.931. The van der Waals surface area contributed by atoms with Crippen molar-refractivity contribution in [3.63, 3.8) is 0 Å². The fourth-order valence-corrected chi connectivity index (χ4v) is 2.30. The lowest BCUT2D eigenvalue weighted by atomic mass is 10.1. The Morgan fingerprint density at radius 2 is 1.90 bits per heavy atom. The zero-order valence-corrected chi connectivity index (χ0v) is 12.6. The third-order valence-corrected chi connectivity index (χ3v) is 3.37. The van der Waals surface area contributed by atoms with E-state index in [4.69, 9.17) is 0 Å². The highest BCUT2D eigenvalue weighted by Gasteiger charge is 2.10. The van der Waals surface area contributed by atoms with Crippen LogP contribution in [0.25, 0.3) is 0 Å². The van der Waals surface area contributed by atoms with Gasteiger partial charge in [0.05, 0.1) is 5.56 Å². The van der Waals surface area contributed by atoms with Crippen molar-refractivity contribution in [2.75, 3.05) is 5.32 Å². The van der Waals surface area contributed by atoms with E-state index in [2.05, 4.69) is 10.3 Å². The number of benzene rings is 1. The number of aromatic carboxylic acids is 1.